The molecule has 5 aliphatic rings. The second-order valence-electron chi connectivity index (χ2n) is 13.0. The van der Waals surface area contributed by atoms with Gasteiger partial charge in [0.1, 0.15) is 0 Å². The number of hydrogen-bond donors (Lipinski definition) is 3. The van der Waals surface area contributed by atoms with Crippen LogP contribution in [-0.4, -0.2) is 29.3 Å². The van der Waals surface area contributed by atoms with E-state index in [4.69, 9.17) is 5.73 Å². The second kappa shape index (κ2) is 6.05. The summed E-state index contributed by atoms with van der Waals surface area (Å²) in [6, 6.07) is 0. The highest BCUT2D eigenvalue weighted by atomic mass is 16.3. The molecule has 0 saturated heterocycles. The van der Waals surface area contributed by atoms with Crippen LogP contribution in [0.25, 0.3) is 0 Å². The molecular formula is C26H43N3O. The third-order valence-electron chi connectivity index (χ3n) is 11.3. The van der Waals surface area contributed by atoms with Crippen LogP contribution in [0, 0.1) is 33.5 Å². The van der Waals surface area contributed by atoms with Crippen LogP contribution in [0.4, 0.5) is 0 Å². The Balaban J connectivity index is 1.64. The van der Waals surface area contributed by atoms with Crippen LogP contribution in [0.5, 0.6) is 0 Å². The first-order chi connectivity index (χ1) is 13.9. The largest absolute Gasteiger partial charge is 0.389 e. The Morgan fingerprint density at radius 3 is 2.47 bits per heavy atom. The fourth-order valence-electron chi connectivity index (χ4n) is 9.57. The third-order valence-corrected chi connectivity index (χ3v) is 11.3. The zero-order valence-corrected chi connectivity index (χ0v) is 20.1. The van der Waals surface area contributed by atoms with Gasteiger partial charge in [-0.1, -0.05) is 46.6 Å². The van der Waals surface area contributed by atoms with Crippen molar-refractivity contribution in [3.63, 3.8) is 0 Å². The van der Waals surface area contributed by atoms with Crippen molar-refractivity contribution in [3.8, 4) is 0 Å². The Bertz CT molecular complexity index is 830. The van der Waals surface area contributed by atoms with Crippen molar-refractivity contribution in [3.05, 3.63) is 11.1 Å². The first-order valence-corrected chi connectivity index (χ1v) is 12.4. The lowest BCUT2D eigenvalue weighted by Crippen LogP contribution is -2.69. The molecule has 4 heteroatoms. The molecule has 2 saturated carbocycles. The highest BCUT2D eigenvalue weighted by molar-refractivity contribution is 5.79. The Morgan fingerprint density at radius 2 is 1.73 bits per heavy atom. The average molecular weight is 414 g/mol. The highest BCUT2D eigenvalue weighted by Gasteiger charge is 2.66. The summed E-state index contributed by atoms with van der Waals surface area (Å²) in [5.74, 6) is 1.68. The molecule has 0 aromatic carbocycles. The molecule has 1 heterocycles. The SMILES string of the molecule is CC1(C)CCCC2(C)C3=C(CCC12)C1(C)CCC2(C)NC(N)=NCC2C1(C)CC3O. The summed E-state index contributed by atoms with van der Waals surface area (Å²) in [6.07, 6.45) is 9.16. The standard InChI is InChI=1S/C26H43N3O/c1-22(2)10-7-11-23(3)18(22)9-8-16-20(23)17(30)14-25(5)19-15-28-21(27)29-26(19,6)13-12-24(16,25)4/h17-19,30H,7-15H2,1-6H3,(H3,27,28,29). The van der Waals surface area contributed by atoms with Crippen molar-refractivity contribution < 1.29 is 5.11 Å². The molecule has 30 heavy (non-hydrogen) atoms. The van der Waals surface area contributed by atoms with E-state index in [0.29, 0.717) is 23.2 Å². The molecule has 168 valence electrons. The number of fused-ring (bicyclic) bond motifs is 6. The molecule has 7 atom stereocenters. The lowest BCUT2D eigenvalue weighted by Gasteiger charge is -2.68. The summed E-state index contributed by atoms with van der Waals surface area (Å²) in [6.45, 7) is 15.6. The summed E-state index contributed by atoms with van der Waals surface area (Å²) >= 11 is 0. The molecule has 0 bridgehead atoms. The predicted molar refractivity (Wildman–Crippen MR) is 123 cm³/mol. The van der Waals surface area contributed by atoms with E-state index < -0.39 is 0 Å². The van der Waals surface area contributed by atoms with E-state index in [1.807, 2.05) is 0 Å². The van der Waals surface area contributed by atoms with Crippen molar-refractivity contribution in [2.75, 3.05) is 6.54 Å². The van der Waals surface area contributed by atoms with Gasteiger partial charge in [0, 0.05) is 18.0 Å². The minimum atomic E-state index is -0.314. The fraction of sp³-hybridized carbons (Fsp3) is 0.885. The van der Waals surface area contributed by atoms with Crippen LogP contribution in [0.15, 0.2) is 16.1 Å². The maximum absolute atomic E-state index is 11.8. The zero-order valence-electron chi connectivity index (χ0n) is 20.1. The Hall–Kier alpha value is -1.03. The first kappa shape index (κ1) is 20.8. The third kappa shape index (κ3) is 2.40. The molecule has 1 aliphatic heterocycles. The number of nitrogens with one attached hydrogen (secondary N) is 1. The number of allylic oxidation sites excluding steroid dienone is 1. The first-order valence-electron chi connectivity index (χ1n) is 12.4. The number of nitrogens with two attached hydrogens (primary N) is 1. The second-order valence-corrected chi connectivity index (χ2v) is 13.0. The summed E-state index contributed by atoms with van der Waals surface area (Å²) < 4.78 is 0. The molecule has 5 rings (SSSR count). The monoisotopic (exact) mass is 413 g/mol. The molecule has 0 spiro atoms. The minimum absolute atomic E-state index is 0.0220. The summed E-state index contributed by atoms with van der Waals surface area (Å²) in [5.41, 5.74) is 9.87. The summed E-state index contributed by atoms with van der Waals surface area (Å²) in [5, 5.41) is 15.3. The predicted octanol–water partition coefficient (Wildman–Crippen LogP) is 4.77. The smallest absolute Gasteiger partial charge is 0.189 e. The van der Waals surface area contributed by atoms with Crippen LogP contribution in [0.2, 0.25) is 0 Å². The minimum Gasteiger partial charge on any atom is -0.389 e. The molecule has 0 amide bonds. The van der Waals surface area contributed by atoms with Crippen LogP contribution in [0.3, 0.4) is 0 Å². The van der Waals surface area contributed by atoms with Gasteiger partial charge in [0.15, 0.2) is 5.96 Å². The van der Waals surface area contributed by atoms with Gasteiger partial charge in [0.25, 0.3) is 0 Å². The Kier molecular flexibility index (Phi) is 4.21. The van der Waals surface area contributed by atoms with Gasteiger partial charge >= 0.3 is 0 Å². The maximum atomic E-state index is 11.8. The van der Waals surface area contributed by atoms with Gasteiger partial charge in [-0.3, -0.25) is 4.99 Å². The van der Waals surface area contributed by atoms with Crippen molar-refractivity contribution in [1.29, 1.82) is 0 Å². The quantitative estimate of drug-likeness (QED) is 0.501. The number of aliphatic hydroxyl groups excluding tert-OH is 1. The van der Waals surface area contributed by atoms with Gasteiger partial charge in [0.05, 0.1) is 6.10 Å². The fourth-order valence-corrected chi connectivity index (χ4v) is 9.57. The van der Waals surface area contributed by atoms with Gasteiger partial charge in [-0.2, -0.15) is 0 Å². The number of aliphatic hydroxyl groups is 1. The molecule has 4 N–H and O–H groups in total. The molecule has 4 aliphatic carbocycles. The van der Waals surface area contributed by atoms with E-state index in [9.17, 15) is 5.11 Å². The van der Waals surface area contributed by atoms with Crippen LogP contribution < -0.4 is 11.1 Å². The van der Waals surface area contributed by atoms with Crippen LogP contribution in [0.1, 0.15) is 92.9 Å². The molecule has 0 radical (unpaired) electrons. The van der Waals surface area contributed by atoms with E-state index in [2.05, 4.69) is 51.9 Å². The lowest BCUT2D eigenvalue weighted by molar-refractivity contribution is -0.114. The number of hydrogen-bond acceptors (Lipinski definition) is 4. The van der Waals surface area contributed by atoms with E-state index >= 15 is 0 Å². The number of nitrogens with zero attached hydrogens (tertiary/aromatic N) is 1. The van der Waals surface area contributed by atoms with Crippen molar-refractivity contribution in [2.45, 2.75) is 105 Å². The molecular weight excluding hydrogens is 370 g/mol. The molecule has 0 aromatic heterocycles. The number of aliphatic imine (C=N–C) groups is 1. The average Bonchev–Trinajstić information content (AvgIpc) is 2.62. The van der Waals surface area contributed by atoms with Gasteiger partial charge < -0.3 is 16.2 Å². The molecule has 7 unspecified atom stereocenters. The van der Waals surface area contributed by atoms with E-state index in [-0.39, 0.29) is 27.9 Å². The molecule has 4 nitrogen and oxygen atoms in total. The normalized spacial score (nSPS) is 52.2. The van der Waals surface area contributed by atoms with Gasteiger partial charge in [-0.05, 0) is 85.0 Å². The molecule has 2 fully saturated rings. The van der Waals surface area contributed by atoms with E-state index in [1.165, 1.54) is 44.1 Å². The summed E-state index contributed by atoms with van der Waals surface area (Å²) in [7, 11) is 0. The zero-order chi connectivity index (χ0) is 21.7. The Morgan fingerprint density at radius 1 is 1.00 bits per heavy atom. The van der Waals surface area contributed by atoms with Gasteiger partial charge in [-0.25, -0.2) is 0 Å². The van der Waals surface area contributed by atoms with Crippen molar-refractivity contribution in [2.24, 2.45) is 44.2 Å². The van der Waals surface area contributed by atoms with E-state index in [0.717, 1.165) is 19.4 Å². The number of rotatable bonds is 0. The van der Waals surface area contributed by atoms with Gasteiger partial charge in [0.2, 0.25) is 0 Å². The van der Waals surface area contributed by atoms with E-state index in [1.54, 1.807) is 5.57 Å². The topological polar surface area (TPSA) is 70.6 Å². The van der Waals surface area contributed by atoms with Gasteiger partial charge in [-0.15, -0.1) is 0 Å². The number of guanidine groups is 1. The van der Waals surface area contributed by atoms with Crippen LogP contribution >= 0.6 is 0 Å². The van der Waals surface area contributed by atoms with Crippen LogP contribution in [-0.2, 0) is 0 Å². The maximum Gasteiger partial charge on any atom is 0.189 e. The van der Waals surface area contributed by atoms with Crippen molar-refractivity contribution in [1.82, 2.24) is 5.32 Å². The van der Waals surface area contributed by atoms with Crippen molar-refractivity contribution >= 4 is 5.96 Å². The lowest BCUT2D eigenvalue weighted by atomic mass is 9.38. The summed E-state index contributed by atoms with van der Waals surface area (Å²) in [4.78, 5) is 4.64. The molecule has 0 aromatic rings. The highest BCUT2D eigenvalue weighted by Crippen LogP contribution is 2.71. The Labute approximate surface area is 183 Å².